The topological polar surface area (TPSA) is 91.8 Å². The molecule has 0 aliphatic carbocycles. The van der Waals surface area contributed by atoms with E-state index < -0.39 is 0 Å². The number of hydrogen-bond donors (Lipinski definition) is 3. The molecule has 0 aliphatic heterocycles. The summed E-state index contributed by atoms with van der Waals surface area (Å²) in [7, 11) is 0. The van der Waals surface area contributed by atoms with Crippen LogP contribution in [0.4, 0.5) is 28.8 Å². The lowest BCUT2D eigenvalue weighted by Gasteiger charge is -2.10. The Bertz CT molecular complexity index is 907. The number of hydrogen-bond acceptors (Lipinski definition) is 6. The van der Waals surface area contributed by atoms with E-state index in [-0.39, 0.29) is 5.91 Å². The van der Waals surface area contributed by atoms with Crippen LogP contribution in [-0.4, -0.2) is 21.1 Å². The molecule has 3 rings (SSSR count). The first kappa shape index (κ1) is 18.3. The van der Waals surface area contributed by atoms with E-state index in [2.05, 4.69) is 57.1 Å². The molecule has 0 saturated carbocycles. The number of nitrogens with zero attached hydrogens (tertiary/aromatic N) is 3. The minimum atomic E-state index is -0.104. The van der Waals surface area contributed by atoms with Gasteiger partial charge >= 0.3 is 0 Å². The summed E-state index contributed by atoms with van der Waals surface area (Å²) in [4.78, 5) is 15.5. The highest BCUT2D eigenvalue weighted by Crippen LogP contribution is 2.21. The highest BCUT2D eigenvalue weighted by molar-refractivity contribution is 5.88. The average Bonchev–Trinajstić information content (AvgIpc) is 2.64. The van der Waals surface area contributed by atoms with Gasteiger partial charge in [0.1, 0.15) is 0 Å². The summed E-state index contributed by atoms with van der Waals surface area (Å²) in [6, 6.07) is 15.5. The second-order valence-electron chi connectivity index (χ2n) is 6.45. The summed E-state index contributed by atoms with van der Waals surface area (Å²) in [5.41, 5.74) is 3.74. The number of aromatic nitrogens is 3. The Kier molecular flexibility index (Phi) is 5.61. The van der Waals surface area contributed by atoms with Crippen molar-refractivity contribution in [3.63, 3.8) is 0 Å². The van der Waals surface area contributed by atoms with E-state index in [0.717, 1.165) is 17.1 Å². The lowest BCUT2D eigenvalue weighted by Crippen LogP contribution is -2.05. The predicted molar refractivity (Wildman–Crippen MR) is 108 cm³/mol. The van der Waals surface area contributed by atoms with Gasteiger partial charge in [-0.2, -0.15) is 10.1 Å². The van der Waals surface area contributed by atoms with Crippen molar-refractivity contribution in [1.82, 2.24) is 15.2 Å². The quantitative estimate of drug-likeness (QED) is 0.600. The van der Waals surface area contributed by atoms with Crippen LogP contribution in [0.25, 0.3) is 0 Å². The molecule has 1 amide bonds. The number of rotatable bonds is 6. The fourth-order valence-corrected chi connectivity index (χ4v) is 2.49. The maximum absolute atomic E-state index is 11.1. The molecule has 27 heavy (non-hydrogen) atoms. The molecule has 2 aromatic carbocycles. The van der Waals surface area contributed by atoms with Crippen molar-refractivity contribution < 1.29 is 4.79 Å². The summed E-state index contributed by atoms with van der Waals surface area (Å²) in [5.74, 6) is 1.36. The van der Waals surface area contributed by atoms with E-state index in [9.17, 15) is 4.79 Å². The van der Waals surface area contributed by atoms with Crippen LogP contribution in [-0.2, 0) is 4.79 Å². The van der Waals surface area contributed by atoms with Crippen molar-refractivity contribution in [2.24, 2.45) is 0 Å². The molecule has 7 nitrogen and oxygen atoms in total. The Morgan fingerprint density at radius 3 is 2.11 bits per heavy atom. The predicted octanol–water partition coefficient (Wildman–Crippen LogP) is 4.44. The van der Waals surface area contributed by atoms with Gasteiger partial charge < -0.3 is 16.0 Å². The average molecular weight is 362 g/mol. The highest BCUT2D eigenvalue weighted by Gasteiger charge is 2.04. The number of amides is 1. The van der Waals surface area contributed by atoms with Gasteiger partial charge in [0.25, 0.3) is 0 Å². The van der Waals surface area contributed by atoms with E-state index >= 15 is 0 Å². The lowest BCUT2D eigenvalue weighted by molar-refractivity contribution is -0.114. The van der Waals surface area contributed by atoms with Crippen LogP contribution < -0.4 is 16.0 Å². The van der Waals surface area contributed by atoms with Gasteiger partial charge in [0.2, 0.25) is 11.9 Å². The number of nitrogens with one attached hydrogen (secondary N) is 3. The van der Waals surface area contributed by atoms with Crippen LogP contribution in [0.5, 0.6) is 0 Å². The van der Waals surface area contributed by atoms with Gasteiger partial charge in [0.15, 0.2) is 5.82 Å². The van der Waals surface area contributed by atoms with Crippen molar-refractivity contribution in [2.45, 2.75) is 26.7 Å². The van der Waals surface area contributed by atoms with Crippen LogP contribution in [0.15, 0.2) is 54.7 Å². The highest BCUT2D eigenvalue weighted by atomic mass is 16.1. The molecule has 0 unspecified atom stereocenters. The maximum Gasteiger partial charge on any atom is 0.249 e. The van der Waals surface area contributed by atoms with Crippen LogP contribution in [0.2, 0.25) is 0 Å². The minimum absolute atomic E-state index is 0.104. The van der Waals surface area contributed by atoms with Gasteiger partial charge in [-0.15, -0.1) is 5.10 Å². The van der Waals surface area contributed by atoms with Crippen LogP contribution >= 0.6 is 0 Å². The van der Waals surface area contributed by atoms with Gasteiger partial charge in [0, 0.05) is 24.0 Å². The molecule has 0 bridgehead atoms. The molecule has 0 saturated heterocycles. The van der Waals surface area contributed by atoms with Gasteiger partial charge in [-0.1, -0.05) is 26.0 Å². The molecular formula is C20H22N6O. The maximum atomic E-state index is 11.1. The van der Waals surface area contributed by atoms with Crippen molar-refractivity contribution in [3.8, 4) is 0 Å². The molecule has 0 radical (unpaired) electrons. The molecule has 3 aromatic rings. The van der Waals surface area contributed by atoms with E-state index in [0.29, 0.717) is 17.7 Å². The third-order valence-electron chi connectivity index (χ3n) is 3.87. The zero-order chi connectivity index (χ0) is 19.2. The summed E-state index contributed by atoms with van der Waals surface area (Å²) in [6.07, 6.45) is 1.55. The van der Waals surface area contributed by atoms with Crippen molar-refractivity contribution >= 4 is 34.7 Å². The van der Waals surface area contributed by atoms with Crippen LogP contribution in [0, 0.1) is 0 Å². The van der Waals surface area contributed by atoms with Gasteiger partial charge in [-0.3, -0.25) is 4.79 Å². The van der Waals surface area contributed by atoms with Crippen LogP contribution in [0.1, 0.15) is 32.3 Å². The number of carbonyl (C=O) groups is 1. The van der Waals surface area contributed by atoms with E-state index in [4.69, 9.17) is 0 Å². The van der Waals surface area contributed by atoms with Gasteiger partial charge in [0.05, 0.1) is 6.20 Å². The monoisotopic (exact) mass is 362 g/mol. The molecule has 0 atom stereocenters. The standard InChI is InChI=1S/C20H22N6O/c1-13(2)15-4-6-18(7-5-15)24-20-25-19(12-21-26-20)23-17-10-8-16(9-11-17)22-14(3)27/h4-13H,1-3H3,(H,22,27)(H2,23,24,25,26). The van der Waals surface area contributed by atoms with E-state index in [1.807, 2.05) is 36.4 Å². The zero-order valence-corrected chi connectivity index (χ0v) is 15.5. The van der Waals surface area contributed by atoms with Crippen LogP contribution in [0.3, 0.4) is 0 Å². The Morgan fingerprint density at radius 1 is 0.889 bits per heavy atom. The summed E-state index contributed by atoms with van der Waals surface area (Å²) >= 11 is 0. The number of anilines is 5. The zero-order valence-electron chi connectivity index (χ0n) is 15.5. The molecule has 1 aromatic heterocycles. The van der Waals surface area contributed by atoms with E-state index in [1.165, 1.54) is 12.5 Å². The Hall–Kier alpha value is -3.48. The van der Waals surface area contributed by atoms with Crippen molar-refractivity contribution in [3.05, 3.63) is 60.3 Å². The molecule has 138 valence electrons. The fourth-order valence-electron chi connectivity index (χ4n) is 2.49. The number of benzene rings is 2. The van der Waals surface area contributed by atoms with Gasteiger partial charge in [-0.25, -0.2) is 0 Å². The summed E-state index contributed by atoms with van der Waals surface area (Å²) in [6.45, 7) is 5.80. The molecule has 7 heteroatoms. The Balaban J connectivity index is 1.67. The second-order valence-corrected chi connectivity index (χ2v) is 6.45. The van der Waals surface area contributed by atoms with E-state index in [1.54, 1.807) is 6.20 Å². The third-order valence-corrected chi connectivity index (χ3v) is 3.87. The first-order valence-corrected chi connectivity index (χ1v) is 8.71. The minimum Gasteiger partial charge on any atom is -0.339 e. The molecule has 0 aliphatic rings. The Labute approximate surface area is 158 Å². The largest absolute Gasteiger partial charge is 0.339 e. The smallest absolute Gasteiger partial charge is 0.249 e. The van der Waals surface area contributed by atoms with Gasteiger partial charge in [-0.05, 0) is 47.9 Å². The normalized spacial score (nSPS) is 10.5. The lowest BCUT2D eigenvalue weighted by atomic mass is 10.0. The second kappa shape index (κ2) is 8.27. The Morgan fingerprint density at radius 2 is 1.48 bits per heavy atom. The number of carbonyl (C=O) groups excluding carboxylic acids is 1. The summed E-state index contributed by atoms with van der Waals surface area (Å²) in [5, 5.41) is 17.1. The molecule has 0 spiro atoms. The first-order valence-electron chi connectivity index (χ1n) is 8.71. The molecular weight excluding hydrogens is 340 g/mol. The fraction of sp³-hybridized carbons (Fsp3) is 0.200. The first-order chi connectivity index (χ1) is 13.0. The van der Waals surface area contributed by atoms with Crippen molar-refractivity contribution in [2.75, 3.05) is 16.0 Å². The third kappa shape index (κ3) is 5.24. The SMILES string of the molecule is CC(=O)Nc1ccc(Nc2cnnc(Nc3ccc(C(C)C)cc3)n2)cc1. The summed E-state index contributed by atoms with van der Waals surface area (Å²) < 4.78 is 0. The molecule has 0 fully saturated rings. The molecule has 1 heterocycles. The molecule has 3 N–H and O–H groups in total. The van der Waals surface area contributed by atoms with Crippen molar-refractivity contribution in [1.29, 1.82) is 0 Å².